The van der Waals surface area contributed by atoms with Gasteiger partial charge in [-0.3, -0.25) is 0 Å². The Kier molecular flexibility index (Phi) is 5.25. The summed E-state index contributed by atoms with van der Waals surface area (Å²) < 4.78 is 2.29. The Bertz CT molecular complexity index is 981. The molecule has 3 aromatic rings. The minimum Gasteiger partial charge on any atom is -0.350 e. The van der Waals surface area contributed by atoms with Crippen LogP contribution in [0.2, 0.25) is 0 Å². The van der Waals surface area contributed by atoms with Crippen molar-refractivity contribution in [1.82, 2.24) is 9.55 Å². The van der Waals surface area contributed by atoms with Crippen molar-refractivity contribution in [2.45, 2.75) is 39.8 Å². The Morgan fingerprint density at radius 2 is 1.96 bits per heavy atom. The van der Waals surface area contributed by atoms with Gasteiger partial charge < -0.3 is 9.47 Å². The van der Waals surface area contributed by atoms with Crippen LogP contribution >= 0.6 is 12.4 Å². The molecule has 0 aliphatic carbocycles. The largest absolute Gasteiger partial charge is 0.350 e. The first-order valence-electron chi connectivity index (χ1n) is 8.96. The average molecular weight is 366 g/mol. The zero-order chi connectivity index (χ0) is 17.4. The van der Waals surface area contributed by atoms with Crippen LogP contribution in [0.3, 0.4) is 0 Å². The van der Waals surface area contributed by atoms with E-state index in [9.17, 15) is 0 Å². The van der Waals surface area contributed by atoms with Gasteiger partial charge in [-0.25, -0.2) is 4.98 Å². The molecule has 3 heterocycles. The number of anilines is 1. The predicted molar refractivity (Wildman–Crippen MR) is 111 cm³/mol. The van der Waals surface area contributed by atoms with Crippen molar-refractivity contribution in [3.8, 4) is 12.3 Å². The standard InChI is InChI=1S/C22H23N3.ClH/c1-4-13-25-20(5-2)16(3)19-10-12-23-22(21(19)25)24-14-11-17-8-6-7-9-18(17)15-24;/h1,6-10,12H,5,11,13-15H2,2-3H3;1H. The van der Waals surface area contributed by atoms with Crippen LogP contribution in [0.4, 0.5) is 5.82 Å². The molecular weight excluding hydrogens is 342 g/mol. The number of rotatable bonds is 3. The monoisotopic (exact) mass is 365 g/mol. The van der Waals surface area contributed by atoms with Gasteiger partial charge >= 0.3 is 0 Å². The van der Waals surface area contributed by atoms with Crippen molar-refractivity contribution in [3.63, 3.8) is 0 Å². The fourth-order valence-electron chi connectivity index (χ4n) is 4.13. The normalized spacial score (nSPS) is 13.2. The molecule has 0 amide bonds. The number of hydrogen-bond donors (Lipinski definition) is 0. The van der Waals surface area contributed by atoms with Gasteiger partial charge in [0.1, 0.15) is 0 Å². The van der Waals surface area contributed by atoms with Gasteiger partial charge in [0.15, 0.2) is 5.82 Å². The number of aryl methyl sites for hydroxylation is 1. The predicted octanol–water partition coefficient (Wildman–Crippen LogP) is 4.52. The summed E-state index contributed by atoms with van der Waals surface area (Å²) in [6, 6.07) is 10.8. The molecule has 4 rings (SSSR count). The van der Waals surface area contributed by atoms with E-state index in [0.717, 1.165) is 31.7 Å². The van der Waals surface area contributed by atoms with Crippen LogP contribution in [0, 0.1) is 19.3 Å². The third-order valence-electron chi connectivity index (χ3n) is 5.35. The fraction of sp³-hybridized carbons (Fsp3) is 0.318. The molecule has 3 nitrogen and oxygen atoms in total. The summed E-state index contributed by atoms with van der Waals surface area (Å²) in [5.74, 6) is 3.89. The number of pyridine rings is 1. The second kappa shape index (κ2) is 7.43. The van der Waals surface area contributed by atoms with Crippen molar-refractivity contribution in [3.05, 3.63) is 58.9 Å². The van der Waals surface area contributed by atoms with Crippen LogP contribution < -0.4 is 4.90 Å². The number of aromatic nitrogens is 2. The highest BCUT2D eigenvalue weighted by molar-refractivity contribution is 5.93. The molecule has 0 saturated carbocycles. The van der Waals surface area contributed by atoms with Gasteiger partial charge in [0.05, 0.1) is 12.1 Å². The summed E-state index contributed by atoms with van der Waals surface area (Å²) in [5, 5.41) is 1.27. The molecule has 26 heavy (non-hydrogen) atoms. The highest BCUT2D eigenvalue weighted by atomic mass is 35.5. The Morgan fingerprint density at radius 1 is 1.19 bits per heavy atom. The summed E-state index contributed by atoms with van der Waals surface area (Å²) in [6.45, 7) is 6.88. The summed E-state index contributed by atoms with van der Waals surface area (Å²) in [4.78, 5) is 7.17. The molecule has 0 unspecified atom stereocenters. The van der Waals surface area contributed by atoms with Crippen LogP contribution in [0.15, 0.2) is 36.5 Å². The Labute approximate surface area is 161 Å². The van der Waals surface area contributed by atoms with Crippen molar-refractivity contribution < 1.29 is 0 Å². The van der Waals surface area contributed by atoms with Gasteiger partial charge in [0.25, 0.3) is 0 Å². The minimum atomic E-state index is 0. The van der Waals surface area contributed by atoms with Gasteiger partial charge in [-0.2, -0.15) is 0 Å². The van der Waals surface area contributed by atoms with Gasteiger partial charge in [-0.15, -0.1) is 18.8 Å². The molecular formula is C22H24ClN3. The van der Waals surface area contributed by atoms with E-state index in [1.165, 1.54) is 33.3 Å². The maximum Gasteiger partial charge on any atom is 0.153 e. The lowest BCUT2D eigenvalue weighted by Crippen LogP contribution is -2.31. The van der Waals surface area contributed by atoms with Gasteiger partial charge in [-0.05, 0) is 42.5 Å². The molecule has 0 saturated heterocycles. The van der Waals surface area contributed by atoms with E-state index < -0.39 is 0 Å². The zero-order valence-electron chi connectivity index (χ0n) is 15.3. The summed E-state index contributed by atoms with van der Waals surface area (Å²) in [7, 11) is 0. The first-order chi connectivity index (χ1) is 12.2. The number of nitrogens with zero attached hydrogens (tertiary/aromatic N) is 3. The van der Waals surface area contributed by atoms with Gasteiger partial charge in [0, 0.05) is 30.4 Å². The number of terminal acetylenes is 1. The molecule has 0 bridgehead atoms. The SMILES string of the molecule is C#CCn1c(CC)c(C)c2ccnc(N3CCc4ccccc4C3)c21.Cl. The van der Waals surface area contributed by atoms with Crippen LogP contribution in [-0.2, 0) is 25.9 Å². The van der Waals surface area contributed by atoms with E-state index in [0.29, 0.717) is 6.54 Å². The zero-order valence-corrected chi connectivity index (χ0v) is 16.1. The number of halogens is 1. The summed E-state index contributed by atoms with van der Waals surface area (Å²) in [6.07, 6.45) is 9.64. The Hall–Kier alpha value is -2.44. The fourth-order valence-corrected chi connectivity index (χ4v) is 4.13. The van der Waals surface area contributed by atoms with Gasteiger partial charge in [-0.1, -0.05) is 37.1 Å². The quantitative estimate of drug-likeness (QED) is 0.636. The summed E-state index contributed by atoms with van der Waals surface area (Å²) in [5.41, 5.74) is 6.69. The third kappa shape index (κ3) is 2.85. The Morgan fingerprint density at radius 3 is 2.69 bits per heavy atom. The van der Waals surface area contributed by atoms with Crippen LogP contribution in [0.1, 0.15) is 29.3 Å². The first kappa shape index (κ1) is 18.4. The number of fused-ring (bicyclic) bond motifs is 2. The maximum absolute atomic E-state index is 5.67. The maximum atomic E-state index is 5.67. The van der Waals surface area contributed by atoms with E-state index in [4.69, 9.17) is 11.4 Å². The lowest BCUT2D eigenvalue weighted by atomic mass is 10.00. The minimum absolute atomic E-state index is 0. The molecule has 1 aromatic carbocycles. The molecule has 4 heteroatoms. The lowest BCUT2D eigenvalue weighted by Gasteiger charge is -2.30. The third-order valence-corrected chi connectivity index (χ3v) is 5.35. The molecule has 2 aromatic heterocycles. The number of hydrogen-bond acceptors (Lipinski definition) is 2. The molecule has 1 aliphatic rings. The van der Waals surface area contributed by atoms with Gasteiger partial charge in [0.2, 0.25) is 0 Å². The van der Waals surface area contributed by atoms with Crippen molar-refractivity contribution in [2.24, 2.45) is 0 Å². The second-order valence-electron chi connectivity index (χ2n) is 6.69. The molecule has 0 fully saturated rings. The lowest BCUT2D eigenvalue weighted by molar-refractivity contribution is 0.718. The average Bonchev–Trinajstić information content (AvgIpc) is 2.93. The molecule has 0 spiro atoms. The van der Waals surface area contributed by atoms with Crippen molar-refractivity contribution >= 4 is 29.1 Å². The smallest absolute Gasteiger partial charge is 0.153 e. The van der Waals surface area contributed by atoms with Crippen molar-refractivity contribution in [1.29, 1.82) is 0 Å². The molecule has 134 valence electrons. The first-order valence-corrected chi connectivity index (χ1v) is 8.96. The van der Waals surface area contributed by atoms with E-state index in [1.807, 2.05) is 6.20 Å². The Balaban J connectivity index is 0.00000196. The van der Waals surface area contributed by atoms with Crippen molar-refractivity contribution in [2.75, 3.05) is 11.4 Å². The molecule has 1 aliphatic heterocycles. The van der Waals surface area contributed by atoms with E-state index in [2.05, 4.69) is 59.6 Å². The highest BCUT2D eigenvalue weighted by Crippen LogP contribution is 2.34. The van der Waals surface area contributed by atoms with E-state index in [-0.39, 0.29) is 12.4 Å². The van der Waals surface area contributed by atoms with E-state index >= 15 is 0 Å². The molecule has 0 atom stereocenters. The van der Waals surface area contributed by atoms with Crippen LogP contribution in [0.5, 0.6) is 0 Å². The number of benzene rings is 1. The summed E-state index contributed by atoms with van der Waals surface area (Å²) >= 11 is 0. The van der Waals surface area contributed by atoms with E-state index in [1.54, 1.807) is 0 Å². The highest BCUT2D eigenvalue weighted by Gasteiger charge is 2.22. The topological polar surface area (TPSA) is 21.1 Å². The second-order valence-corrected chi connectivity index (χ2v) is 6.69. The molecule has 0 radical (unpaired) electrons. The van der Waals surface area contributed by atoms with Crippen LogP contribution in [0.25, 0.3) is 10.9 Å². The van der Waals surface area contributed by atoms with Crippen LogP contribution in [-0.4, -0.2) is 16.1 Å². The molecule has 0 N–H and O–H groups in total.